The molecule has 4 aromatic rings. The molecular formula is C19H16F2N6S. The molecule has 0 aliphatic carbocycles. The van der Waals surface area contributed by atoms with Crippen molar-refractivity contribution in [1.29, 1.82) is 0 Å². The fourth-order valence-electron chi connectivity index (χ4n) is 2.89. The van der Waals surface area contributed by atoms with Crippen LogP contribution in [0.15, 0.2) is 54.1 Å². The molecule has 1 N–H and O–H groups in total. The number of anilines is 1. The molecule has 6 nitrogen and oxygen atoms in total. The second-order valence-corrected chi connectivity index (χ2v) is 6.88. The standard InChI is InChI=1S/C19H16F2N6S/c1-11(13-5-4-12(20)8-15(13)21)24-17-9-16(25-19(26-17)28-2)14-10-23-27-7-3-6-22-18(14)27/h3-11H,1-2H3,(H,24,25,26)/t11-/m0/s1. The summed E-state index contributed by atoms with van der Waals surface area (Å²) in [7, 11) is 0. The summed E-state index contributed by atoms with van der Waals surface area (Å²) in [4.78, 5) is 13.4. The van der Waals surface area contributed by atoms with Gasteiger partial charge in [-0.05, 0) is 25.3 Å². The zero-order valence-electron chi connectivity index (χ0n) is 15.1. The van der Waals surface area contributed by atoms with E-state index in [9.17, 15) is 8.78 Å². The second kappa shape index (κ2) is 7.51. The maximum atomic E-state index is 14.1. The summed E-state index contributed by atoms with van der Waals surface area (Å²) in [6, 6.07) is 6.68. The molecule has 0 radical (unpaired) electrons. The van der Waals surface area contributed by atoms with Gasteiger partial charge in [-0.3, -0.25) is 0 Å². The number of nitrogens with one attached hydrogen (secondary N) is 1. The summed E-state index contributed by atoms with van der Waals surface area (Å²) >= 11 is 1.39. The van der Waals surface area contributed by atoms with Gasteiger partial charge in [0.2, 0.25) is 0 Å². The van der Waals surface area contributed by atoms with Crippen molar-refractivity contribution in [3.05, 3.63) is 66.1 Å². The van der Waals surface area contributed by atoms with Crippen molar-refractivity contribution < 1.29 is 8.78 Å². The molecule has 3 heterocycles. The number of hydrogen-bond donors (Lipinski definition) is 1. The van der Waals surface area contributed by atoms with Gasteiger partial charge in [-0.25, -0.2) is 28.2 Å². The molecule has 0 fully saturated rings. The van der Waals surface area contributed by atoms with E-state index in [0.29, 0.717) is 27.9 Å². The van der Waals surface area contributed by atoms with E-state index in [1.165, 1.54) is 23.9 Å². The lowest BCUT2D eigenvalue weighted by molar-refractivity contribution is 0.566. The summed E-state index contributed by atoms with van der Waals surface area (Å²) < 4.78 is 28.9. The maximum absolute atomic E-state index is 14.1. The van der Waals surface area contributed by atoms with Crippen LogP contribution in [0.3, 0.4) is 0 Å². The lowest BCUT2D eigenvalue weighted by Gasteiger charge is -2.16. The summed E-state index contributed by atoms with van der Waals surface area (Å²) in [5.41, 5.74) is 2.45. The highest BCUT2D eigenvalue weighted by Crippen LogP contribution is 2.28. The number of benzene rings is 1. The van der Waals surface area contributed by atoms with Crippen LogP contribution in [-0.2, 0) is 0 Å². The van der Waals surface area contributed by atoms with Gasteiger partial charge in [0.25, 0.3) is 0 Å². The normalized spacial score (nSPS) is 12.3. The molecule has 0 aliphatic heterocycles. The van der Waals surface area contributed by atoms with Gasteiger partial charge in [-0.2, -0.15) is 5.10 Å². The zero-order valence-corrected chi connectivity index (χ0v) is 15.9. The Morgan fingerprint density at radius 1 is 1.18 bits per heavy atom. The van der Waals surface area contributed by atoms with Gasteiger partial charge in [0.05, 0.1) is 23.5 Å². The third kappa shape index (κ3) is 3.53. The number of nitrogens with zero attached hydrogens (tertiary/aromatic N) is 5. The SMILES string of the molecule is CSc1nc(N[C@@H](C)c2ccc(F)cc2F)cc(-c2cnn3cccnc23)n1. The van der Waals surface area contributed by atoms with E-state index in [1.807, 2.05) is 6.26 Å². The van der Waals surface area contributed by atoms with Crippen molar-refractivity contribution in [2.75, 3.05) is 11.6 Å². The van der Waals surface area contributed by atoms with E-state index in [2.05, 4.69) is 25.4 Å². The first-order valence-corrected chi connectivity index (χ1v) is 9.71. The van der Waals surface area contributed by atoms with Crippen molar-refractivity contribution in [2.45, 2.75) is 18.1 Å². The van der Waals surface area contributed by atoms with E-state index in [0.717, 1.165) is 11.6 Å². The molecule has 1 atom stereocenters. The van der Waals surface area contributed by atoms with Crippen LogP contribution >= 0.6 is 11.8 Å². The summed E-state index contributed by atoms with van der Waals surface area (Å²) in [6.45, 7) is 1.79. The minimum absolute atomic E-state index is 0.352. The number of halogens is 2. The summed E-state index contributed by atoms with van der Waals surface area (Å²) in [6.07, 6.45) is 7.07. The van der Waals surface area contributed by atoms with E-state index in [1.54, 1.807) is 42.2 Å². The number of rotatable bonds is 5. The Kier molecular flexibility index (Phi) is 4.91. The van der Waals surface area contributed by atoms with Crippen LogP contribution in [-0.4, -0.2) is 30.8 Å². The Hall–Kier alpha value is -3.07. The fraction of sp³-hybridized carbons (Fsp3) is 0.158. The molecule has 142 valence electrons. The lowest BCUT2D eigenvalue weighted by atomic mass is 10.1. The molecule has 9 heteroatoms. The Bertz CT molecular complexity index is 1150. The van der Waals surface area contributed by atoms with Crippen LogP contribution in [0.4, 0.5) is 14.6 Å². The maximum Gasteiger partial charge on any atom is 0.189 e. The highest BCUT2D eigenvalue weighted by Gasteiger charge is 2.16. The predicted molar refractivity (Wildman–Crippen MR) is 104 cm³/mol. The molecule has 28 heavy (non-hydrogen) atoms. The van der Waals surface area contributed by atoms with Crippen molar-refractivity contribution in [2.24, 2.45) is 0 Å². The van der Waals surface area contributed by atoms with Crippen molar-refractivity contribution in [1.82, 2.24) is 24.6 Å². The van der Waals surface area contributed by atoms with Gasteiger partial charge in [0.1, 0.15) is 17.5 Å². The monoisotopic (exact) mass is 398 g/mol. The highest BCUT2D eigenvalue weighted by molar-refractivity contribution is 7.98. The van der Waals surface area contributed by atoms with Crippen LogP contribution in [0, 0.1) is 11.6 Å². The van der Waals surface area contributed by atoms with Crippen molar-refractivity contribution in [3.63, 3.8) is 0 Å². The molecule has 4 rings (SSSR count). The zero-order chi connectivity index (χ0) is 19.7. The average molecular weight is 398 g/mol. The first kappa shape index (κ1) is 18.3. The Morgan fingerprint density at radius 3 is 2.82 bits per heavy atom. The Morgan fingerprint density at radius 2 is 2.04 bits per heavy atom. The number of aromatic nitrogens is 5. The third-order valence-corrected chi connectivity index (χ3v) is 4.78. The molecule has 0 saturated carbocycles. The van der Waals surface area contributed by atoms with Gasteiger partial charge in [0, 0.05) is 30.1 Å². The fourth-order valence-corrected chi connectivity index (χ4v) is 3.27. The smallest absolute Gasteiger partial charge is 0.189 e. The molecular weight excluding hydrogens is 382 g/mol. The lowest BCUT2D eigenvalue weighted by Crippen LogP contribution is -2.11. The van der Waals surface area contributed by atoms with Crippen LogP contribution in [0.25, 0.3) is 16.9 Å². The summed E-state index contributed by atoms with van der Waals surface area (Å²) in [5, 5.41) is 8.02. The number of thioether (sulfide) groups is 1. The number of fused-ring (bicyclic) bond motifs is 1. The molecule has 0 amide bonds. The highest BCUT2D eigenvalue weighted by atomic mass is 32.2. The van der Waals surface area contributed by atoms with E-state index in [4.69, 9.17) is 0 Å². The van der Waals surface area contributed by atoms with Gasteiger partial charge in [0.15, 0.2) is 10.8 Å². The molecule has 0 saturated heterocycles. The Balaban J connectivity index is 1.71. The summed E-state index contributed by atoms with van der Waals surface area (Å²) in [5.74, 6) is -0.685. The number of hydrogen-bond acceptors (Lipinski definition) is 6. The van der Waals surface area contributed by atoms with Gasteiger partial charge < -0.3 is 5.32 Å². The van der Waals surface area contributed by atoms with E-state index in [-0.39, 0.29) is 0 Å². The van der Waals surface area contributed by atoms with Gasteiger partial charge in [-0.15, -0.1) is 0 Å². The topological polar surface area (TPSA) is 68.0 Å². The quantitative estimate of drug-likeness (QED) is 0.398. The van der Waals surface area contributed by atoms with Crippen molar-refractivity contribution >= 4 is 23.2 Å². The average Bonchev–Trinajstić information content (AvgIpc) is 3.11. The van der Waals surface area contributed by atoms with Crippen molar-refractivity contribution in [3.8, 4) is 11.3 Å². The minimum Gasteiger partial charge on any atom is -0.363 e. The van der Waals surface area contributed by atoms with E-state index < -0.39 is 17.7 Å². The largest absolute Gasteiger partial charge is 0.363 e. The Labute approximate surface area is 164 Å². The molecule has 0 unspecified atom stereocenters. The van der Waals surface area contributed by atoms with E-state index >= 15 is 0 Å². The van der Waals surface area contributed by atoms with Gasteiger partial charge in [-0.1, -0.05) is 17.8 Å². The van der Waals surface area contributed by atoms with Crippen LogP contribution in [0.1, 0.15) is 18.5 Å². The first-order chi connectivity index (χ1) is 13.5. The predicted octanol–water partition coefficient (Wildman–Crippen LogP) is 4.36. The molecule has 0 aliphatic rings. The van der Waals surface area contributed by atoms with Crippen LogP contribution in [0.5, 0.6) is 0 Å². The molecule has 1 aromatic carbocycles. The second-order valence-electron chi connectivity index (χ2n) is 6.10. The van der Waals surface area contributed by atoms with Gasteiger partial charge >= 0.3 is 0 Å². The third-order valence-electron chi connectivity index (χ3n) is 4.24. The molecule has 0 spiro atoms. The molecule has 3 aromatic heterocycles. The minimum atomic E-state index is -0.608. The van der Waals surface area contributed by atoms with Crippen LogP contribution < -0.4 is 5.32 Å². The first-order valence-electron chi connectivity index (χ1n) is 8.48. The molecule has 0 bridgehead atoms. The van der Waals surface area contributed by atoms with Crippen LogP contribution in [0.2, 0.25) is 0 Å².